The van der Waals surface area contributed by atoms with Crippen molar-refractivity contribution in [3.8, 4) is 0 Å². The normalized spacial score (nSPS) is 35.2. The maximum absolute atomic E-state index is 13.2. The van der Waals surface area contributed by atoms with E-state index in [1.807, 2.05) is 0 Å². The lowest BCUT2D eigenvalue weighted by Crippen LogP contribution is -2.63. The summed E-state index contributed by atoms with van der Waals surface area (Å²) in [6.45, 7) is 10.2. The number of carbonyl (C=O) groups is 4. The Hall–Kier alpha value is -2.24. The molecule has 0 heterocycles. The third-order valence-corrected chi connectivity index (χ3v) is 13.4. The van der Waals surface area contributed by atoms with Crippen LogP contribution in [0.4, 0.5) is 0 Å². The smallest absolute Gasteiger partial charge is 0.307 e. The molecule has 0 bridgehead atoms. The maximum Gasteiger partial charge on any atom is 0.307 e. The van der Waals surface area contributed by atoms with Gasteiger partial charge >= 0.3 is 23.9 Å². The first kappa shape index (κ1) is 40.5. The second-order valence-corrected chi connectivity index (χ2v) is 16.3. The molecule has 6 N–H and O–H groups in total. The number of ether oxygens (including phenoxy) is 4. The van der Waals surface area contributed by atoms with E-state index < -0.39 is 0 Å². The molecule has 4 aliphatic carbocycles. The molecule has 4 saturated carbocycles. The van der Waals surface area contributed by atoms with Gasteiger partial charge in [-0.2, -0.15) is 0 Å². The predicted molar refractivity (Wildman–Crippen MR) is 190 cm³/mol. The molecule has 11 heteroatoms. The Morgan fingerprint density at radius 3 is 2.06 bits per heavy atom. The summed E-state index contributed by atoms with van der Waals surface area (Å²) >= 11 is 0. The summed E-state index contributed by atoms with van der Waals surface area (Å²) in [5, 5.41) is 0. The van der Waals surface area contributed by atoms with Gasteiger partial charge in [-0.15, -0.1) is 0 Å². The van der Waals surface area contributed by atoms with Gasteiger partial charge in [-0.05, 0) is 92.8 Å². The van der Waals surface area contributed by atoms with Crippen LogP contribution >= 0.6 is 0 Å². The van der Waals surface area contributed by atoms with Crippen LogP contribution in [0.2, 0.25) is 0 Å². The Morgan fingerprint density at radius 1 is 0.740 bits per heavy atom. The van der Waals surface area contributed by atoms with Crippen molar-refractivity contribution >= 4 is 23.9 Å². The standard InChI is InChI=1S/C39H67N3O8/c1-5-6-7-8-21-47-33(43)12-9-25(2)28-10-11-29-37-30(24-32(39(28,29)4)50-36(46)16-20-42)38(3)17-13-27(48-34(44)14-18-40)22-26(38)23-31(37)49-35(45)15-19-41/h25-32,37H,5-24,40-42H2,1-4H3. The lowest BCUT2D eigenvalue weighted by atomic mass is 9.43. The van der Waals surface area contributed by atoms with E-state index in [-0.39, 0.29) is 127 Å². The van der Waals surface area contributed by atoms with Crippen molar-refractivity contribution in [1.29, 1.82) is 0 Å². The van der Waals surface area contributed by atoms with Crippen molar-refractivity contribution in [2.75, 3.05) is 26.2 Å². The number of hydrogen-bond acceptors (Lipinski definition) is 11. The fourth-order valence-corrected chi connectivity index (χ4v) is 10.8. The largest absolute Gasteiger partial charge is 0.466 e. The van der Waals surface area contributed by atoms with Crippen LogP contribution in [0.3, 0.4) is 0 Å². The first-order valence-electron chi connectivity index (χ1n) is 19.8. The van der Waals surface area contributed by atoms with Gasteiger partial charge in [0.1, 0.15) is 18.3 Å². The monoisotopic (exact) mass is 705 g/mol. The minimum atomic E-state index is -0.369. The molecule has 11 nitrogen and oxygen atoms in total. The van der Waals surface area contributed by atoms with E-state index in [4.69, 9.17) is 36.1 Å². The first-order chi connectivity index (χ1) is 23.9. The predicted octanol–water partition coefficient (Wildman–Crippen LogP) is 5.19. The van der Waals surface area contributed by atoms with Crippen molar-refractivity contribution in [3.05, 3.63) is 0 Å². The van der Waals surface area contributed by atoms with Crippen LogP contribution in [0.15, 0.2) is 0 Å². The lowest BCUT2D eigenvalue weighted by Gasteiger charge is -2.64. The summed E-state index contributed by atoms with van der Waals surface area (Å²) < 4.78 is 24.2. The zero-order valence-electron chi connectivity index (χ0n) is 31.3. The van der Waals surface area contributed by atoms with Crippen LogP contribution in [-0.2, 0) is 38.1 Å². The minimum absolute atomic E-state index is 0.0917. The van der Waals surface area contributed by atoms with Crippen molar-refractivity contribution in [3.63, 3.8) is 0 Å². The molecule has 0 spiro atoms. The van der Waals surface area contributed by atoms with E-state index in [2.05, 4.69) is 27.7 Å². The third-order valence-electron chi connectivity index (χ3n) is 13.4. The fraction of sp³-hybridized carbons (Fsp3) is 0.897. The molecule has 286 valence electrons. The molecule has 11 unspecified atom stereocenters. The van der Waals surface area contributed by atoms with E-state index in [0.29, 0.717) is 38.7 Å². The molecular weight excluding hydrogens is 638 g/mol. The fourth-order valence-electron chi connectivity index (χ4n) is 10.8. The van der Waals surface area contributed by atoms with Crippen LogP contribution in [0.25, 0.3) is 0 Å². The zero-order valence-corrected chi connectivity index (χ0v) is 31.3. The molecule has 0 radical (unpaired) electrons. The second kappa shape index (κ2) is 18.5. The number of esters is 4. The van der Waals surface area contributed by atoms with Crippen LogP contribution in [0.5, 0.6) is 0 Å². The highest BCUT2D eigenvalue weighted by molar-refractivity contribution is 5.71. The Morgan fingerprint density at radius 2 is 1.40 bits per heavy atom. The van der Waals surface area contributed by atoms with Crippen LogP contribution in [0.1, 0.15) is 130 Å². The summed E-state index contributed by atoms with van der Waals surface area (Å²) in [6.07, 6.45) is 10.6. The average Bonchev–Trinajstić information content (AvgIpc) is 3.43. The molecule has 0 aromatic rings. The van der Waals surface area contributed by atoms with E-state index >= 15 is 0 Å². The van der Waals surface area contributed by atoms with E-state index in [1.54, 1.807) is 0 Å². The van der Waals surface area contributed by atoms with Gasteiger partial charge in [0, 0.05) is 37.4 Å². The molecule has 11 atom stereocenters. The van der Waals surface area contributed by atoms with Gasteiger partial charge in [-0.1, -0.05) is 47.0 Å². The number of nitrogens with two attached hydrogens (primary N) is 3. The lowest BCUT2D eigenvalue weighted by molar-refractivity contribution is -0.225. The molecule has 4 fully saturated rings. The number of fused-ring (bicyclic) bond motifs is 5. The zero-order chi connectivity index (χ0) is 36.5. The van der Waals surface area contributed by atoms with Gasteiger partial charge < -0.3 is 36.1 Å². The van der Waals surface area contributed by atoms with E-state index in [9.17, 15) is 19.2 Å². The number of carbonyl (C=O) groups excluding carboxylic acids is 4. The third kappa shape index (κ3) is 9.21. The highest BCUT2D eigenvalue weighted by atomic mass is 16.6. The second-order valence-electron chi connectivity index (χ2n) is 16.3. The van der Waals surface area contributed by atoms with E-state index in [0.717, 1.165) is 51.4 Å². The Bertz CT molecular complexity index is 1150. The van der Waals surface area contributed by atoms with Crippen molar-refractivity contribution < 1.29 is 38.1 Å². The summed E-state index contributed by atoms with van der Waals surface area (Å²) in [4.78, 5) is 51.4. The SMILES string of the molecule is CCCCCCOC(=O)CCC(C)C1CCC2C3C(OC(=O)CCN)CC4CC(OC(=O)CCN)CCC4(C)C3CC(OC(=O)CCN)C12C. The van der Waals surface area contributed by atoms with Crippen molar-refractivity contribution in [1.82, 2.24) is 0 Å². The molecule has 0 amide bonds. The number of unbranched alkanes of at least 4 members (excludes halogenated alkanes) is 3. The van der Waals surface area contributed by atoms with Crippen LogP contribution < -0.4 is 17.2 Å². The first-order valence-corrected chi connectivity index (χ1v) is 19.8. The topological polar surface area (TPSA) is 183 Å². The molecule has 0 saturated heterocycles. The van der Waals surface area contributed by atoms with Gasteiger partial charge in [0.25, 0.3) is 0 Å². The van der Waals surface area contributed by atoms with Gasteiger partial charge in [0.15, 0.2) is 0 Å². The number of hydrogen-bond donors (Lipinski definition) is 3. The highest BCUT2D eigenvalue weighted by Crippen LogP contribution is 2.69. The number of rotatable bonds is 18. The summed E-state index contributed by atoms with van der Waals surface area (Å²) in [6, 6.07) is 0. The van der Waals surface area contributed by atoms with Gasteiger partial charge in [0.05, 0.1) is 25.9 Å². The Labute approximate surface area is 300 Å². The molecule has 0 aromatic carbocycles. The Balaban J connectivity index is 1.61. The van der Waals surface area contributed by atoms with Gasteiger partial charge in [-0.3, -0.25) is 19.2 Å². The van der Waals surface area contributed by atoms with Crippen LogP contribution in [0, 0.1) is 46.3 Å². The quantitative estimate of drug-likeness (QED) is 0.0970. The average molecular weight is 706 g/mol. The molecular formula is C39H67N3O8. The van der Waals surface area contributed by atoms with Gasteiger partial charge in [-0.25, -0.2) is 0 Å². The molecule has 4 rings (SSSR count). The minimum Gasteiger partial charge on any atom is -0.466 e. The Kier molecular flexibility index (Phi) is 15.0. The summed E-state index contributed by atoms with van der Waals surface area (Å²) in [5.41, 5.74) is 16.7. The van der Waals surface area contributed by atoms with Crippen molar-refractivity contribution in [2.24, 2.45) is 63.5 Å². The summed E-state index contributed by atoms with van der Waals surface area (Å²) in [7, 11) is 0. The maximum atomic E-state index is 13.2. The molecule has 0 aromatic heterocycles. The summed E-state index contributed by atoms with van der Waals surface area (Å²) in [5.74, 6) is -0.00890. The van der Waals surface area contributed by atoms with E-state index in [1.165, 1.54) is 0 Å². The van der Waals surface area contributed by atoms with Crippen molar-refractivity contribution in [2.45, 2.75) is 149 Å². The van der Waals surface area contributed by atoms with Crippen LogP contribution in [-0.4, -0.2) is 68.4 Å². The molecule has 50 heavy (non-hydrogen) atoms. The van der Waals surface area contributed by atoms with Gasteiger partial charge in [0.2, 0.25) is 0 Å². The molecule has 4 aliphatic rings. The highest BCUT2D eigenvalue weighted by Gasteiger charge is 2.67. The molecule has 0 aliphatic heterocycles.